The highest BCUT2D eigenvalue weighted by Crippen LogP contribution is 2.40. The van der Waals surface area contributed by atoms with E-state index in [1.165, 1.54) is 4.90 Å². The summed E-state index contributed by atoms with van der Waals surface area (Å²) < 4.78 is 10.8. The molecule has 0 aromatic heterocycles. The molecule has 33 heavy (non-hydrogen) atoms. The molecule has 1 saturated heterocycles. The number of rotatable bonds is 9. The van der Waals surface area contributed by atoms with E-state index in [-0.39, 0.29) is 11.3 Å². The first-order chi connectivity index (χ1) is 15.8. The zero-order valence-corrected chi connectivity index (χ0v) is 19.5. The Labute approximate surface area is 194 Å². The number of likely N-dealkylation sites (N-methyl/N-ethyl adjacent to an activating group) is 1. The summed E-state index contributed by atoms with van der Waals surface area (Å²) in [5, 5.41) is 11.2. The average Bonchev–Trinajstić information content (AvgIpc) is 3.06. The Morgan fingerprint density at radius 1 is 1.18 bits per heavy atom. The fourth-order valence-electron chi connectivity index (χ4n) is 3.81. The average molecular weight is 451 g/mol. The van der Waals surface area contributed by atoms with Crippen LogP contribution in [0.15, 0.2) is 60.7 Å². The molecular formula is C26H30N2O5. The van der Waals surface area contributed by atoms with Crippen LogP contribution in [0.5, 0.6) is 11.5 Å². The molecule has 1 heterocycles. The van der Waals surface area contributed by atoms with Gasteiger partial charge in [0, 0.05) is 18.7 Å². The third kappa shape index (κ3) is 5.09. The van der Waals surface area contributed by atoms with E-state index in [1.807, 2.05) is 38.1 Å². The van der Waals surface area contributed by atoms with Crippen molar-refractivity contribution in [2.24, 2.45) is 0 Å². The molecule has 7 heteroatoms. The lowest BCUT2D eigenvalue weighted by Crippen LogP contribution is -2.35. The normalized spacial score (nSPS) is 17.5. The molecule has 1 fully saturated rings. The molecule has 1 unspecified atom stereocenters. The second kappa shape index (κ2) is 10.4. The van der Waals surface area contributed by atoms with Crippen molar-refractivity contribution in [1.29, 1.82) is 0 Å². The van der Waals surface area contributed by atoms with Gasteiger partial charge in [-0.15, -0.1) is 0 Å². The number of hydrogen-bond acceptors (Lipinski definition) is 6. The van der Waals surface area contributed by atoms with Gasteiger partial charge in [-0.1, -0.05) is 24.8 Å². The van der Waals surface area contributed by atoms with Crippen LogP contribution in [0.3, 0.4) is 0 Å². The van der Waals surface area contributed by atoms with Gasteiger partial charge in [0.1, 0.15) is 23.9 Å². The van der Waals surface area contributed by atoms with Crippen molar-refractivity contribution in [3.8, 4) is 11.5 Å². The molecule has 3 rings (SSSR count). The molecule has 7 nitrogen and oxygen atoms in total. The summed E-state index contributed by atoms with van der Waals surface area (Å²) in [6.07, 6.45) is 1.65. The van der Waals surface area contributed by atoms with E-state index < -0.39 is 17.7 Å². The summed E-state index contributed by atoms with van der Waals surface area (Å²) in [5.41, 5.74) is 2.03. The Kier molecular flexibility index (Phi) is 7.55. The lowest BCUT2D eigenvalue weighted by molar-refractivity contribution is -0.140. The molecule has 1 atom stereocenters. The third-order valence-corrected chi connectivity index (χ3v) is 5.56. The summed E-state index contributed by atoms with van der Waals surface area (Å²) in [6, 6.07) is 11.6. The highest BCUT2D eigenvalue weighted by Gasteiger charge is 2.45. The van der Waals surface area contributed by atoms with Gasteiger partial charge in [0.2, 0.25) is 0 Å². The zero-order valence-electron chi connectivity index (χ0n) is 19.5. The lowest BCUT2D eigenvalue weighted by Gasteiger charge is -2.26. The number of aliphatic hydroxyl groups excluding tert-OH is 1. The Morgan fingerprint density at radius 2 is 1.88 bits per heavy atom. The van der Waals surface area contributed by atoms with Gasteiger partial charge < -0.3 is 24.4 Å². The number of aryl methyl sites for hydroxylation is 1. The Morgan fingerprint density at radius 3 is 2.45 bits per heavy atom. The van der Waals surface area contributed by atoms with Crippen molar-refractivity contribution < 1.29 is 24.2 Å². The predicted octanol–water partition coefficient (Wildman–Crippen LogP) is 3.55. The van der Waals surface area contributed by atoms with E-state index in [4.69, 9.17) is 9.47 Å². The van der Waals surface area contributed by atoms with Crippen molar-refractivity contribution in [3.05, 3.63) is 77.4 Å². The molecule has 1 aliphatic heterocycles. The zero-order chi connectivity index (χ0) is 24.1. The molecule has 1 aliphatic rings. The second-order valence-corrected chi connectivity index (χ2v) is 8.15. The molecule has 1 N–H and O–H groups in total. The van der Waals surface area contributed by atoms with E-state index >= 15 is 0 Å². The third-order valence-electron chi connectivity index (χ3n) is 5.56. The summed E-state index contributed by atoms with van der Waals surface area (Å²) in [6.45, 7) is 6.78. The molecule has 1 amide bonds. The largest absolute Gasteiger partial charge is 0.507 e. The van der Waals surface area contributed by atoms with Gasteiger partial charge in [0.25, 0.3) is 11.7 Å². The maximum atomic E-state index is 13.1. The van der Waals surface area contributed by atoms with Crippen molar-refractivity contribution in [2.75, 3.05) is 40.9 Å². The molecule has 0 radical (unpaired) electrons. The number of ketones is 1. The number of carbonyl (C=O) groups is 2. The van der Waals surface area contributed by atoms with Gasteiger partial charge in [-0.05, 0) is 62.5 Å². The summed E-state index contributed by atoms with van der Waals surface area (Å²) in [4.78, 5) is 29.5. The Balaban J connectivity index is 2.09. The standard InChI is InChI=1S/C26H30N2O5/c1-6-15-33-21-12-9-19(16-17(21)2)24(29)22-23(18-7-10-20(32-5)11-8-18)28(14-13-27(3)4)26(31)25(22)30/h6-12,16,23,29H,1,13-15H2,2-5H3. The first kappa shape index (κ1) is 24.1. The number of aliphatic hydroxyl groups is 1. The van der Waals surface area contributed by atoms with Crippen LogP contribution in [0.2, 0.25) is 0 Å². The summed E-state index contributed by atoms with van der Waals surface area (Å²) >= 11 is 0. The van der Waals surface area contributed by atoms with Crippen molar-refractivity contribution in [1.82, 2.24) is 9.80 Å². The van der Waals surface area contributed by atoms with Gasteiger partial charge in [0.15, 0.2) is 0 Å². The topological polar surface area (TPSA) is 79.3 Å². The smallest absolute Gasteiger partial charge is 0.295 e. The fraction of sp³-hybridized carbons (Fsp3) is 0.308. The first-order valence-electron chi connectivity index (χ1n) is 10.7. The van der Waals surface area contributed by atoms with Gasteiger partial charge in [-0.3, -0.25) is 9.59 Å². The first-order valence-corrected chi connectivity index (χ1v) is 10.7. The van der Waals surface area contributed by atoms with Crippen molar-refractivity contribution in [2.45, 2.75) is 13.0 Å². The number of likely N-dealkylation sites (tertiary alicyclic amines) is 1. The maximum Gasteiger partial charge on any atom is 0.295 e. The number of ether oxygens (including phenoxy) is 2. The summed E-state index contributed by atoms with van der Waals surface area (Å²) in [7, 11) is 5.37. The van der Waals surface area contributed by atoms with Gasteiger partial charge >= 0.3 is 0 Å². The SMILES string of the molecule is C=CCOc1ccc(C(O)=C2C(=O)C(=O)N(CCN(C)C)C2c2ccc(OC)cc2)cc1C. The maximum absolute atomic E-state index is 13.1. The fourth-order valence-corrected chi connectivity index (χ4v) is 3.81. The van der Waals surface area contributed by atoms with E-state index in [0.717, 1.165) is 11.1 Å². The minimum absolute atomic E-state index is 0.0723. The monoisotopic (exact) mass is 450 g/mol. The molecule has 0 spiro atoms. The number of hydrogen-bond donors (Lipinski definition) is 1. The highest BCUT2D eigenvalue weighted by atomic mass is 16.5. The molecule has 0 bridgehead atoms. The Hall–Kier alpha value is -3.58. The van der Waals surface area contributed by atoms with Crippen LogP contribution in [0.1, 0.15) is 22.7 Å². The molecular weight excluding hydrogens is 420 g/mol. The van der Waals surface area contributed by atoms with Gasteiger partial charge in [0.05, 0.1) is 18.7 Å². The van der Waals surface area contributed by atoms with E-state index in [2.05, 4.69) is 6.58 Å². The van der Waals surface area contributed by atoms with Crippen LogP contribution in [0.25, 0.3) is 5.76 Å². The van der Waals surface area contributed by atoms with Crippen molar-refractivity contribution >= 4 is 17.4 Å². The van der Waals surface area contributed by atoms with Crippen LogP contribution in [0, 0.1) is 6.92 Å². The van der Waals surface area contributed by atoms with E-state index in [0.29, 0.717) is 36.8 Å². The molecule has 0 aliphatic carbocycles. The van der Waals surface area contributed by atoms with Crippen LogP contribution >= 0.6 is 0 Å². The number of methoxy groups -OCH3 is 1. The minimum atomic E-state index is -0.701. The number of Topliss-reactive ketones (excluding diaryl/α,β-unsaturated/α-hetero) is 1. The highest BCUT2D eigenvalue weighted by molar-refractivity contribution is 6.46. The number of nitrogens with zero attached hydrogens (tertiary/aromatic N) is 2. The molecule has 0 saturated carbocycles. The minimum Gasteiger partial charge on any atom is -0.507 e. The van der Waals surface area contributed by atoms with Gasteiger partial charge in [-0.25, -0.2) is 0 Å². The predicted molar refractivity (Wildman–Crippen MR) is 127 cm³/mol. The number of amides is 1. The van der Waals surface area contributed by atoms with Crippen LogP contribution in [-0.4, -0.2) is 67.5 Å². The lowest BCUT2D eigenvalue weighted by atomic mass is 9.94. The van der Waals surface area contributed by atoms with Crippen LogP contribution in [-0.2, 0) is 9.59 Å². The quantitative estimate of drug-likeness (QED) is 0.272. The van der Waals surface area contributed by atoms with E-state index in [9.17, 15) is 14.7 Å². The van der Waals surface area contributed by atoms with E-state index in [1.54, 1.807) is 43.5 Å². The number of benzene rings is 2. The van der Waals surface area contributed by atoms with Crippen molar-refractivity contribution in [3.63, 3.8) is 0 Å². The molecule has 2 aromatic rings. The molecule has 174 valence electrons. The summed E-state index contributed by atoms with van der Waals surface area (Å²) in [5.74, 6) is -0.210. The van der Waals surface area contributed by atoms with Gasteiger partial charge in [-0.2, -0.15) is 0 Å². The number of carbonyl (C=O) groups excluding carboxylic acids is 2. The molecule has 2 aromatic carbocycles. The second-order valence-electron chi connectivity index (χ2n) is 8.15. The van der Waals surface area contributed by atoms with Crippen LogP contribution in [0.4, 0.5) is 0 Å². The Bertz CT molecular complexity index is 1070. The van der Waals surface area contributed by atoms with Crippen LogP contribution < -0.4 is 9.47 Å².